The van der Waals surface area contributed by atoms with Crippen LogP contribution in [0.25, 0.3) is 10.8 Å². The summed E-state index contributed by atoms with van der Waals surface area (Å²) in [6.07, 6.45) is -4.76. The van der Waals surface area contributed by atoms with Gasteiger partial charge in [0.1, 0.15) is 6.04 Å². The molecule has 0 spiro atoms. The molecule has 1 unspecified atom stereocenters. The van der Waals surface area contributed by atoms with Crippen molar-refractivity contribution in [3.63, 3.8) is 0 Å². The number of alkyl halides is 3. The molecule has 0 fully saturated rings. The number of nitrogens with zero attached hydrogens (tertiary/aromatic N) is 1. The predicted molar refractivity (Wildman–Crippen MR) is 130 cm³/mol. The number of carbonyl (C=O) groups is 1. The van der Waals surface area contributed by atoms with Gasteiger partial charge in [-0.2, -0.15) is 18.4 Å². The standard InChI is InChI=1S/C25H23F3N4OS/c26-25(27,28)16-17-7-10-21(11-8-17)31-24(34)32-22(23(33)30-13-3-12-29)15-18-6-9-19-4-1-2-5-20(19)14-18/h1-2,4-11,14,22H,3,13,15-16H2,(H,30,33)(H2,31,32,34). The van der Waals surface area contributed by atoms with Gasteiger partial charge in [-0.3, -0.25) is 4.79 Å². The second-order valence-corrected chi connectivity index (χ2v) is 8.13. The minimum Gasteiger partial charge on any atom is -0.353 e. The highest BCUT2D eigenvalue weighted by atomic mass is 32.1. The summed E-state index contributed by atoms with van der Waals surface area (Å²) in [5.74, 6) is -0.312. The Bertz CT molecular complexity index is 1190. The van der Waals surface area contributed by atoms with Gasteiger partial charge in [-0.15, -0.1) is 0 Å². The molecule has 3 aromatic carbocycles. The Balaban J connectivity index is 1.69. The van der Waals surface area contributed by atoms with E-state index in [-0.39, 0.29) is 29.5 Å². The van der Waals surface area contributed by atoms with E-state index in [4.69, 9.17) is 17.5 Å². The molecule has 3 aromatic rings. The zero-order chi connectivity index (χ0) is 24.6. The van der Waals surface area contributed by atoms with Gasteiger partial charge in [-0.1, -0.05) is 54.6 Å². The van der Waals surface area contributed by atoms with E-state index in [9.17, 15) is 18.0 Å². The maximum Gasteiger partial charge on any atom is 0.393 e. The van der Waals surface area contributed by atoms with Gasteiger partial charge >= 0.3 is 6.18 Å². The Kier molecular flexibility index (Phi) is 8.44. The van der Waals surface area contributed by atoms with Crippen LogP contribution in [0.1, 0.15) is 17.5 Å². The van der Waals surface area contributed by atoms with Crippen molar-refractivity contribution in [2.75, 3.05) is 11.9 Å². The van der Waals surface area contributed by atoms with Crippen LogP contribution in [-0.4, -0.2) is 29.8 Å². The Morgan fingerprint density at radius 2 is 1.68 bits per heavy atom. The Morgan fingerprint density at radius 3 is 2.35 bits per heavy atom. The van der Waals surface area contributed by atoms with Gasteiger partial charge in [0.25, 0.3) is 0 Å². The fourth-order valence-corrected chi connectivity index (χ4v) is 3.70. The first kappa shape index (κ1) is 25.0. The first-order valence-electron chi connectivity index (χ1n) is 10.6. The van der Waals surface area contributed by atoms with Crippen molar-refractivity contribution >= 4 is 39.7 Å². The molecule has 1 amide bonds. The number of halogens is 3. The Hall–Kier alpha value is -3.64. The summed E-state index contributed by atoms with van der Waals surface area (Å²) in [4.78, 5) is 12.8. The minimum absolute atomic E-state index is 0.142. The van der Waals surface area contributed by atoms with Crippen LogP contribution in [-0.2, 0) is 17.6 Å². The molecule has 9 heteroatoms. The van der Waals surface area contributed by atoms with Crippen molar-refractivity contribution in [1.82, 2.24) is 10.6 Å². The Labute approximate surface area is 201 Å². The zero-order valence-corrected chi connectivity index (χ0v) is 19.0. The van der Waals surface area contributed by atoms with Crippen molar-refractivity contribution in [3.05, 3.63) is 77.9 Å². The van der Waals surface area contributed by atoms with Crippen LogP contribution in [0.15, 0.2) is 66.7 Å². The van der Waals surface area contributed by atoms with E-state index < -0.39 is 18.6 Å². The summed E-state index contributed by atoms with van der Waals surface area (Å²) >= 11 is 5.35. The van der Waals surface area contributed by atoms with Crippen molar-refractivity contribution in [3.8, 4) is 6.07 Å². The molecule has 0 aromatic heterocycles. The lowest BCUT2D eigenvalue weighted by Gasteiger charge is -2.21. The molecule has 5 nitrogen and oxygen atoms in total. The quantitative estimate of drug-likeness (QED) is 0.314. The van der Waals surface area contributed by atoms with Gasteiger partial charge in [-0.05, 0) is 46.2 Å². The average Bonchev–Trinajstić information content (AvgIpc) is 2.79. The molecule has 0 aliphatic carbocycles. The number of hydrogen-bond donors (Lipinski definition) is 3. The third-order valence-corrected chi connectivity index (χ3v) is 5.25. The molecular weight excluding hydrogens is 461 g/mol. The van der Waals surface area contributed by atoms with E-state index in [1.54, 1.807) is 0 Å². The van der Waals surface area contributed by atoms with Crippen LogP contribution < -0.4 is 16.0 Å². The molecule has 0 saturated carbocycles. The second-order valence-electron chi connectivity index (χ2n) is 7.72. The average molecular weight is 485 g/mol. The third-order valence-electron chi connectivity index (χ3n) is 5.03. The normalized spacial score (nSPS) is 11.9. The summed E-state index contributed by atoms with van der Waals surface area (Å²) in [5, 5.41) is 19.6. The Morgan fingerprint density at radius 1 is 1.00 bits per heavy atom. The fourth-order valence-electron chi connectivity index (χ4n) is 3.44. The maximum atomic E-state index is 12.8. The molecule has 176 valence electrons. The highest BCUT2D eigenvalue weighted by molar-refractivity contribution is 7.80. The van der Waals surface area contributed by atoms with Gasteiger partial charge in [0.05, 0.1) is 18.9 Å². The van der Waals surface area contributed by atoms with E-state index in [0.29, 0.717) is 12.1 Å². The lowest BCUT2D eigenvalue weighted by atomic mass is 10.0. The van der Waals surface area contributed by atoms with Crippen LogP contribution in [0, 0.1) is 11.3 Å². The maximum absolute atomic E-state index is 12.8. The van der Waals surface area contributed by atoms with Crippen LogP contribution in [0.3, 0.4) is 0 Å². The number of benzene rings is 3. The summed E-state index contributed by atoms with van der Waals surface area (Å²) < 4.78 is 37.6. The largest absolute Gasteiger partial charge is 0.393 e. The van der Waals surface area contributed by atoms with E-state index in [0.717, 1.165) is 16.3 Å². The number of nitrogens with one attached hydrogen (secondary N) is 3. The SMILES string of the molecule is N#CCCNC(=O)C(Cc1ccc2ccccc2c1)NC(=S)Nc1ccc(CC(F)(F)F)cc1. The van der Waals surface area contributed by atoms with Crippen LogP contribution in [0.4, 0.5) is 18.9 Å². The second kappa shape index (κ2) is 11.5. The lowest BCUT2D eigenvalue weighted by Crippen LogP contribution is -2.49. The molecule has 34 heavy (non-hydrogen) atoms. The van der Waals surface area contributed by atoms with Gasteiger partial charge in [0.15, 0.2) is 5.11 Å². The topological polar surface area (TPSA) is 77.0 Å². The van der Waals surface area contributed by atoms with Gasteiger partial charge < -0.3 is 16.0 Å². The number of nitriles is 1. The number of hydrogen-bond acceptors (Lipinski definition) is 3. The molecule has 3 rings (SSSR count). The van der Waals surface area contributed by atoms with Gasteiger partial charge in [-0.25, -0.2) is 0 Å². The molecule has 0 saturated heterocycles. The number of anilines is 1. The molecule has 0 heterocycles. The fraction of sp³-hybridized carbons (Fsp3) is 0.240. The molecule has 0 aliphatic rings. The smallest absolute Gasteiger partial charge is 0.353 e. The number of fused-ring (bicyclic) bond motifs is 1. The first-order chi connectivity index (χ1) is 16.2. The monoisotopic (exact) mass is 484 g/mol. The minimum atomic E-state index is -4.28. The molecular formula is C25H23F3N4OS. The van der Waals surface area contributed by atoms with Crippen molar-refractivity contribution in [1.29, 1.82) is 5.26 Å². The van der Waals surface area contributed by atoms with Crippen LogP contribution >= 0.6 is 12.2 Å². The van der Waals surface area contributed by atoms with E-state index in [1.807, 2.05) is 48.5 Å². The molecule has 3 N–H and O–H groups in total. The zero-order valence-electron chi connectivity index (χ0n) is 18.2. The van der Waals surface area contributed by atoms with Crippen LogP contribution in [0.2, 0.25) is 0 Å². The number of rotatable bonds is 8. The highest BCUT2D eigenvalue weighted by Crippen LogP contribution is 2.22. The van der Waals surface area contributed by atoms with Crippen molar-refractivity contribution in [2.24, 2.45) is 0 Å². The molecule has 0 bridgehead atoms. The van der Waals surface area contributed by atoms with E-state index in [2.05, 4.69) is 16.0 Å². The number of amides is 1. The van der Waals surface area contributed by atoms with E-state index in [1.165, 1.54) is 24.3 Å². The lowest BCUT2D eigenvalue weighted by molar-refractivity contribution is -0.127. The summed E-state index contributed by atoms with van der Waals surface area (Å²) in [7, 11) is 0. The third kappa shape index (κ3) is 7.74. The predicted octanol–water partition coefficient (Wildman–Crippen LogP) is 4.87. The summed E-state index contributed by atoms with van der Waals surface area (Å²) in [6, 6.07) is 20.8. The number of thiocarbonyl (C=S) groups is 1. The molecule has 0 radical (unpaired) electrons. The van der Waals surface area contributed by atoms with E-state index >= 15 is 0 Å². The summed E-state index contributed by atoms with van der Waals surface area (Å²) in [6.45, 7) is 0.214. The molecule has 1 atom stereocenters. The highest BCUT2D eigenvalue weighted by Gasteiger charge is 2.27. The van der Waals surface area contributed by atoms with Crippen molar-refractivity contribution in [2.45, 2.75) is 31.5 Å². The summed E-state index contributed by atoms with van der Waals surface area (Å²) in [5.41, 5.74) is 1.56. The first-order valence-corrected chi connectivity index (χ1v) is 11.0. The van der Waals surface area contributed by atoms with Gasteiger partial charge in [0.2, 0.25) is 5.91 Å². The van der Waals surface area contributed by atoms with Crippen molar-refractivity contribution < 1.29 is 18.0 Å². The van der Waals surface area contributed by atoms with Gasteiger partial charge in [0, 0.05) is 18.7 Å². The number of carbonyl (C=O) groups excluding carboxylic acids is 1. The molecule has 0 aliphatic heterocycles. The van der Waals surface area contributed by atoms with Crippen LogP contribution in [0.5, 0.6) is 0 Å².